The van der Waals surface area contributed by atoms with E-state index in [-0.39, 0.29) is 10.5 Å². The van der Waals surface area contributed by atoms with Crippen molar-refractivity contribution in [1.82, 2.24) is 9.21 Å². The van der Waals surface area contributed by atoms with Crippen LogP contribution in [0.5, 0.6) is 0 Å². The Bertz CT molecular complexity index is 805. The summed E-state index contributed by atoms with van der Waals surface area (Å²) in [6.07, 6.45) is 3.57. The lowest BCUT2D eigenvalue weighted by Crippen LogP contribution is -2.41. The first kappa shape index (κ1) is 16.0. The number of hydrogen-bond donors (Lipinski definition) is 0. The number of nitriles is 1. The second-order valence-corrected chi connectivity index (χ2v) is 8.94. The van der Waals surface area contributed by atoms with Crippen LogP contribution in [0.4, 0.5) is 4.39 Å². The molecule has 0 radical (unpaired) electrons. The first-order valence-electron chi connectivity index (χ1n) is 8.45. The maximum Gasteiger partial charge on any atom is 0.244 e. The summed E-state index contributed by atoms with van der Waals surface area (Å²) in [5.41, 5.74) is -0.381. The molecule has 1 aromatic rings. The van der Waals surface area contributed by atoms with Gasteiger partial charge in [0.1, 0.15) is 22.3 Å². The molecule has 0 N–H and O–H groups in total. The Hall–Kier alpha value is -1.49. The Morgan fingerprint density at radius 2 is 2.04 bits per heavy atom. The summed E-state index contributed by atoms with van der Waals surface area (Å²) >= 11 is 0. The van der Waals surface area contributed by atoms with Crippen molar-refractivity contribution in [1.29, 1.82) is 5.26 Å². The van der Waals surface area contributed by atoms with Crippen LogP contribution in [0.1, 0.15) is 24.8 Å². The third kappa shape index (κ3) is 2.36. The molecule has 3 saturated heterocycles. The van der Waals surface area contributed by atoms with Crippen molar-refractivity contribution in [3.8, 4) is 6.07 Å². The fourth-order valence-corrected chi connectivity index (χ4v) is 6.36. The molecule has 3 heterocycles. The molecule has 3 fully saturated rings. The lowest BCUT2D eigenvalue weighted by atomic mass is 9.90. The molecule has 0 bridgehead atoms. The van der Waals surface area contributed by atoms with Crippen molar-refractivity contribution < 1.29 is 12.8 Å². The summed E-state index contributed by atoms with van der Waals surface area (Å²) in [5.74, 6) is -0.0717. The molecule has 5 nitrogen and oxygen atoms in total. The van der Waals surface area contributed by atoms with E-state index in [0.29, 0.717) is 31.0 Å². The predicted octanol–water partition coefficient (Wildman–Crippen LogP) is 1.80. The molecule has 0 spiro atoms. The third-order valence-corrected chi connectivity index (χ3v) is 7.66. The molecule has 24 heavy (non-hydrogen) atoms. The summed E-state index contributed by atoms with van der Waals surface area (Å²) in [6, 6.07) is 5.98. The van der Waals surface area contributed by atoms with Gasteiger partial charge in [0.15, 0.2) is 0 Å². The van der Waals surface area contributed by atoms with Gasteiger partial charge in [-0.15, -0.1) is 0 Å². The maximum absolute atomic E-state index is 13.8. The molecule has 7 heteroatoms. The topological polar surface area (TPSA) is 64.4 Å². The summed E-state index contributed by atoms with van der Waals surface area (Å²) in [7, 11) is -3.83. The Balaban J connectivity index is 1.62. The number of halogens is 1. The van der Waals surface area contributed by atoms with Gasteiger partial charge in [-0.05, 0) is 43.4 Å². The molecule has 0 aromatic heterocycles. The molecule has 0 amide bonds. The maximum atomic E-state index is 13.8. The van der Waals surface area contributed by atoms with Crippen LogP contribution in [0.15, 0.2) is 23.1 Å². The molecular weight excluding hydrogens is 329 g/mol. The van der Waals surface area contributed by atoms with Crippen molar-refractivity contribution in [3.63, 3.8) is 0 Å². The first-order chi connectivity index (χ1) is 11.5. The molecule has 3 atom stereocenters. The van der Waals surface area contributed by atoms with Gasteiger partial charge in [0, 0.05) is 25.7 Å². The highest BCUT2D eigenvalue weighted by atomic mass is 32.2. The van der Waals surface area contributed by atoms with Crippen LogP contribution in [0.25, 0.3) is 0 Å². The molecule has 3 aliphatic rings. The summed E-state index contributed by atoms with van der Waals surface area (Å²) < 4.78 is 41.2. The van der Waals surface area contributed by atoms with Gasteiger partial charge in [-0.25, -0.2) is 12.8 Å². The molecule has 0 aliphatic carbocycles. The van der Waals surface area contributed by atoms with Gasteiger partial charge >= 0.3 is 0 Å². The fraction of sp³-hybridized carbons (Fsp3) is 0.588. The minimum atomic E-state index is -3.83. The smallest absolute Gasteiger partial charge is 0.244 e. The number of fused-ring (bicyclic) bond motifs is 3. The molecule has 3 aliphatic heterocycles. The van der Waals surface area contributed by atoms with Crippen LogP contribution in [-0.2, 0) is 10.0 Å². The zero-order chi connectivity index (χ0) is 16.9. The van der Waals surface area contributed by atoms with Crippen molar-refractivity contribution in [2.45, 2.75) is 30.2 Å². The largest absolute Gasteiger partial charge is 0.300 e. The molecule has 0 saturated carbocycles. The van der Waals surface area contributed by atoms with Gasteiger partial charge in [-0.1, -0.05) is 12.5 Å². The van der Waals surface area contributed by atoms with E-state index >= 15 is 0 Å². The number of rotatable bonds is 2. The van der Waals surface area contributed by atoms with Crippen molar-refractivity contribution in [2.24, 2.45) is 11.8 Å². The van der Waals surface area contributed by atoms with E-state index in [0.717, 1.165) is 25.6 Å². The average Bonchev–Trinajstić information content (AvgIpc) is 3.12. The normalized spacial score (nSPS) is 30.8. The van der Waals surface area contributed by atoms with Crippen LogP contribution < -0.4 is 0 Å². The highest BCUT2D eigenvalue weighted by molar-refractivity contribution is 7.89. The predicted molar refractivity (Wildman–Crippen MR) is 86.1 cm³/mol. The van der Waals surface area contributed by atoms with Crippen LogP contribution in [0, 0.1) is 29.0 Å². The Kier molecular flexibility index (Phi) is 3.87. The summed E-state index contributed by atoms with van der Waals surface area (Å²) in [6.45, 7) is 3.03. The van der Waals surface area contributed by atoms with Gasteiger partial charge < -0.3 is 0 Å². The summed E-state index contributed by atoms with van der Waals surface area (Å²) in [4.78, 5) is 2.30. The highest BCUT2D eigenvalue weighted by Crippen LogP contribution is 2.42. The van der Waals surface area contributed by atoms with E-state index in [1.807, 2.05) is 0 Å². The highest BCUT2D eigenvalue weighted by Gasteiger charge is 2.50. The van der Waals surface area contributed by atoms with Crippen molar-refractivity contribution in [3.05, 3.63) is 29.6 Å². The van der Waals surface area contributed by atoms with E-state index in [1.165, 1.54) is 29.3 Å². The van der Waals surface area contributed by atoms with Gasteiger partial charge in [0.2, 0.25) is 10.0 Å². The lowest BCUT2D eigenvalue weighted by molar-refractivity contribution is 0.165. The lowest BCUT2D eigenvalue weighted by Gasteiger charge is -2.33. The number of piperidine rings is 1. The van der Waals surface area contributed by atoms with Crippen LogP contribution in [0.3, 0.4) is 0 Å². The van der Waals surface area contributed by atoms with E-state index in [1.54, 1.807) is 6.07 Å². The van der Waals surface area contributed by atoms with Gasteiger partial charge in [-0.3, -0.25) is 4.90 Å². The molecule has 128 valence electrons. The minimum Gasteiger partial charge on any atom is -0.300 e. The van der Waals surface area contributed by atoms with Gasteiger partial charge in [0.05, 0.1) is 0 Å². The van der Waals surface area contributed by atoms with E-state index in [4.69, 9.17) is 5.26 Å². The Morgan fingerprint density at radius 1 is 1.21 bits per heavy atom. The van der Waals surface area contributed by atoms with Gasteiger partial charge in [-0.2, -0.15) is 9.57 Å². The number of sulfonamides is 1. The molecule has 1 aromatic carbocycles. The Morgan fingerprint density at radius 3 is 2.83 bits per heavy atom. The first-order valence-corrected chi connectivity index (χ1v) is 9.89. The molecular formula is C17H20FN3O2S. The second kappa shape index (κ2) is 5.80. The number of nitrogens with zero attached hydrogens (tertiary/aromatic N) is 3. The molecule has 4 rings (SSSR count). The monoisotopic (exact) mass is 349 g/mol. The fourth-order valence-electron chi connectivity index (χ4n) is 4.68. The zero-order valence-electron chi connectivity index (χ0n) is 13.4. The summed E-state index contributed by atoms with van der Waals surface area (Å²) in [5, 5.41) is 9.14. The second-order valence-electron chi connectivity index (χ2n) is 7.03. The SMILES string of the molecule is N#Cc1c(F)cccc1S(=O)(=O)N1CC2CN3CCCCC3C2C1. The van der Waals surface area contributed by atoms with Crippen molar-refractivity contribution >= 4 is 10.0 Å². The minimum absolute atomic E-state index is 0.203. The Labute approximate surface area is 141 Å². The van der Waals surface area contributed by atoms with Crippen LogP contribution in [-0.4, -0.2) is 49.8 Å². The third-order valence-electron chi connectivity index (χ3n) is 5.79. The van der Waals surface area contributed by atoms with E-state index < -0.39 is 15.8 Å². The average molecular weight is 349 g/mol. The van der Waals surface area contributed by atoms with E-state index in [2.05, 4.69) is 4.90 Å². The number of hydrogen-bond acceptors (Lipinski definition) is 4. The quantitative estimate of drug-likeness (QED) is 0.817. The van der Waals surface area contributed by atoms with Crippen molar-refractivity contribution in [2.75, 3.05) is 26.2 Å². The zero-order valence-corrected chi connectivity index (χ0v) is 14.2. The van der Waals surface area contributed by atoms with Gasteiger partial charge in [0.25, 0.3) is 0 Å². The molecule has 3 unspecified atom stereocenters. The standard InChI is InChI=1S/C17H20FN3O2S/c18-15-4-3-6-17(13(15)8-19)24(22,23)21-10-12-9-20-7-2-1-5-16(20)14(12)11-21/h3-4,6,12,14,16H,1-2,5,7,9-11H2. The van der Waals surface area contributed by atoms with Crippen LogP contribution >= 0.6 is 0 Å². The number of benzene rings is 1. The van der Waals surface area contributed by atoms with Crippen LogP contribution in [0.2, 0.25) is 0 Å². The van der Waals surface area contributed by atoms with E-state index in [9.17, 15) is 12.8 Å².